The van der Waals surface area contributed by atoms with Gasteiger partial charge in [-0.15, -0.1) is 0 Å². The van der Waals surface area contributed by atoms with Gasteiger partial charge in [-0.2, -0.15) is 0 Å². The first-order chi connectivity index (χ1) is 8.52. The van der Waals surface area contributed by atoms with Gasteiger partial charge in [-0.25, -0.2) is 0 Å². The van der Waals surface area contributed by atoms with Crippen LogP contribution in [-0.4, -0.2) is 6.61 Å². The lowest BCUT2D eigenvalue weighted by molar-refractivity contribution is 0.271. The lowest BCUT2D eigenvalue weighted by atomic mass is 9.90. The molecule has 1 heteroatoms. The molecule has 0 atom stereocenters. The molecule has 0 N–H and O–H groups in total. The fourth-order valence-corrected chi connectivity index (χ4v) is 2.65. The van der Waals surface area contributed by atoms with Crippen LogP contribution in [-0.2, 0) is 17.6 Å². The Morgan fingerprint density at radius 1 is 1.28 bits per heavy atom. The third-order valence-electron chi connectivity index (χ3n) is 3.64. The number of unbranched alkanes of at least 4 members (excludes halogenated alkanes) is 1. The van der Waals surface area contributed by atoms with Gasteiger partial charge in [0, 0.05) is 5.56 Å². The zero-order chi connectivity index (χ0) is 13.2. The summed E-state index contributed by atoms with van der Waals surface area (Å²) in [5.74, 6) is 0.816. The summed E-state index contributed by atoms with van der Waals surface area (Å²) < 4.78 is 5.69. The quantitative estimate of drug-likeness (QED) is 0.543. The first kappa shape index (κ1) is 13.2. The van der Waals surface area contributed by atoms with Crippen molar-refractivity contribution in [3.05, 3.63) is 41.5 Å². The Hall–Kier alpha value is -1.24. The molecule has 1 aliphatic rings. The summed E-state index contributed by atoms with van der Waals surface area (Å²) in [7, 11) is 0. The van der Waals surface area contributed by atoms with E-state index >= 15 is 0 Å². The average molecular weight is 244 g/mol. The van der Waals surface area contributed by atoms with Crippen LogP contribution in [0.15, 0.2) is 24.8 Å². The predicted molar refractivity (Wildman–Crippen MR) is 77.5 cm³/mol. The summed E-state index contributed by atoms with van der Waals surface area (Å²) in [6, 6.07) is 6.65. The van der Waals surface area contributed by atoms with E-state index in [2.05, 4.69) is 45.5 Å². The number of hydrogen-bond donors (Lipinski definition) is 0. The minimum Gasteiger partial charge on any atom is -0.494 e. The summed E-state index contributed by atoms with van der Waals surface area (Å²) in [5.41, 5.74) is 4.51. The number of fused-ring (bicyclic) bond motifs is 1. The van der Waals surface area contributed by atoms with E-state index in [1.165, 1.54) is 24.0 Å². The van der Waals surface area contributed by atoms with Crippen LogP contribution in [0.4, 0.5) is 0 Å². The van der Waals surface area contributed by atoms with Crippen LogP contribution < -0.4 is 0 Å². The zero-order valence-corrected chi connectivity index (χ0v) is 11.9. The van der Waals surface area contributed by atoms with Crippen molar-refractivity contribution < 1.29 is 4.74 Å². The van der Waals surface area contributed by atoms with E-state index in [1.54, 1.807) is 0 Å². The maximum atomic E-state index is 5.69. The van der Waals surface area contributed by atoms with Gasteiger partial charge in [-0.05, 0) is 41.9 Å². The molecule has 0 heterocycles. The van der Waals surface area contributed by atoms with Crippen molar-refractivity contribution in [2.24, 2.45) is 5.41 Å². The minimum absolute atomic E-state index is 0.408. The molecule has 1 aromatic rings. The molecule has 18 heavy (non-hydrogen) atoms. The fraction of sp³-hybridized carbons (Fsp3) is 0.529. The normalized spacial score (nSPS) is 16.4. The van der Waals surface area contributed by atoms with Crippen molar-refractivity contribution in [3.63, 3.8) is 0 Å². The molecule has 0 spiro atoms. The monoisotopic (exact) mass is 244 g/mol. The van der Waals surface area contributed by atoms with Gasteiger partial charge in [-0.1, -0.05) is 45.9 Å². The molecule has 1 aromatic carbocycles. The molecule has 0 bridgehead atoms. The molecule has 0 saturated heterocycles. The van der Waals surface area contributed by atoms with Crippen molar-refractivity contribution in [2.75, 3.05) is 6.61 Å². The molecule has 0 unspecified atom stereocenters. The predicted octanol–water partition coefficient (Wildman–Crippen LogP) is 4.60. The Morgan fingerprint density at radius 3 is 2.72 bits per heavy atom. The summed E-state index contributed by atoms with van der Waals surface area (Å²) in [6.07, 6.45) is 4.60. The highest BCUT2D eigenvalue weighted by molar-refractivity contribution is 5.59. The highest BCUT2D eigenvalue weighted by Gasteiger charge is 2.28. The summed E-state index contributed by atoms with van der Waals surface area (Å²) in [6.45, 7) is 11.6. The molecule has 1 aliphatic carbocycles. The molecule has 0 radical (unpaired) electrons. The second-order valence-electron chi connectivity index (χ2n) is 6.13. The maximum Gasteiger partial charge on any atom is 0.119 e. The van der Waals surface area contributed by atoms with Gasteiger partial charge in [0.1, 0.15) is 5.76 Å². The van der Waals surface area contributed by atoms with Crippen molar-refractivity contribution >= 4 is 5.76 Å². The fourth-order valence-electron chi connectivity index (χ4n) is 2.65. The Balaban J connectivity index is 2.06. The third kappa shape index (κ3) is 2.95. The van der Waals surface area contributed by atoms with Crippen LogP contribution >= 0.6 is 0 Å². The van der Waals surface area contributed by atoms with Crippen LogP contribution in [0.5, 0.6) is 0 Å². The Labute approximate surface area is 111 Å². The summed E-state index contributed by atoms with van der Waals surface area (Å²) in [4.78, 5) is 0. The SMILES string of the molecule is C=C(OCCCC)c1ccc2c(c1)CC(C)(C)C2. The van der Waals surface area contributed by atoms with Gasteiger partial charge < -0.3 is 4.74 Å². The lowest BCUT2D eigenvalue weighted by Gasteiger charge is -2.14. The van der Waals surface area contributed by atoms with Gasteiger partial charge >= 0.3 is 0 Å². The second-order valence-corrected chi connectivity index (χ2v) is 6.13. The molecule has 0 aliphatic heterocycles. The number of hydrogen-bond acceptors (Lipinski definition) is 1. The van der Waals surface area contributed by atoms with Crippen molar-refractivity contribution in [3.8, 4) is 0 Å². The molecule has 1 nitrogen and oxygen atoms in total. The van der Waals surface area contributed by atoms with Gasteiger partial charge in [0.25, 0.3) is 0 Å². The maximum absolute atomic E-state index is 5.69. The molecule has 0 amide bonds. The van der Waals surface area contributed by atoms with Gasteiger partial charge in [0.05, 0.1) is 6.61 Å². The molecule has 0 saturated carbocycles. The van der Waals surface area contributed by atoms with Crippen LogP contribution in [0.25, 0.3) is 5.76 Å². The van der Waals surface area contributed by atoms with E-state index in [0.29, 0.717) is 5.41 Å². The first-order valence-electron chi connectivity index (χ1n) is 6.96. The first-order valence-corrected chi connectivity index (χ1v) is 6.96. The average Bonchev–Trinajstić information content (AvgIpc) is 2.61. The molecule has 0 fully saturated rings. The Bertz CT molecular complexity index is 443. The van der Waals surface area contributed by atoms with E-state index in [-0.39, 0.29) is 0 Å². The number of benzene rings is 1. The summed E-state index contributed by atoms with van der Waals surface area (Å²) in [5, 5.41) is 0. The van der Waals surface area contributed by atoms with Crippen LogP contribution in [0.2, 0.25) is 0 Å². The topological polar surface area (TPSA) is 9.23 Å². The van der Waals surface area contributed by atoms with Gasteiger partial charge in [0.2, 0.25) is 0 Å². The molecular weight excluding hydrogens is 220 g/mol. The van der Waals surface area contributed by atoms with E-state index in [4.69, 9.17) is 4.74 Å². The standard InChI is InChI=1S/C17H24O/c1-5-6-9-18-13(2)14-7-8-15-11-17(3,4)12-16(15)10-14/h7-8,10H,2,5-6,9,11-12H2,1,3-4H3. The highest BCUT2D eigenvalue weighted by atomic mass is 16.5. The third-order valence-corrected chi connectivity index (χ3v) is 3.64. The van der Waals surface area contributed by atoms with E-state index in [0.717, 1.165) is 30.8 Å². The highest BCUT2D eigenvalue weighted by Crippen LogP contribution is 2.37. The number of ether oxygens (including phenoxy) is 1. The smallest absolute Gasteiger partial charge is 0.119 e. The van der Waals surface area contributed by atoms with Crippen molar-refractivity contribution in [2.45, 2.75) is 46.5 Å². The van der Waals surface area contributed by atoms with Gasteiger partial charge in [0.15, 0.2) is 0 Å². The molecule has 98 valence electrons. The molecule has 0 aromatic heterocycles. The lowest BCUT2D eigenvalue weighted by Crippen LogP contribution is -2.09. The minimum atomic E-state index is 0.408. The molecule has 2 rings (SSSR count). The van der Waals surface area contributed by atoms with Crippen molar-refractivity contribution in [1.29, 1.82) is 0 Å². The molecular formula is C17H24O. The van der Waals surface area contributed by atoms with Crippen LogP contribution in [0.3, 0.4) is 0 Å². The zero-order valence-electron chi connectivity index (χ0n) is 11.9. The van der Waals surface area contributed by atoms with E-state index in [9.17, 15) is 0 Å². The van der Waals surface area contributed by atoms with E-state index in [1.807, 2.05) is 0 Å². The van der Waals surface area contributed by atoms with Crippen LogP contribution in [0, 0.1) is 5.41 Å². The van der Waals surface area contributed by atoms with Gasteiger partial charge in [-0.3, -0.25) is 0 Å². The number of rotatable bonds is 5. The van der Waals surface area contributed by atoms with E-state index < -0.39 is 0 Å². The second kappa shape index (κ2) is 5.17. The van der Waals surface area contributed by atoms with Crippen molar-refractivity contribution in [1.82, 2.24) is 0 Å². The largest absolute Gasteiger partial charge is 0.494 e. The Kier molecular flexibility index (Phi) is 3.79. The summed E-state index contributed by atoms with van der Waals surface area (Å²) >= 11 is 0. The Morgan fingerprint density at radius 2 is 2.00 bits per heavy atom. The van der Waals surface area contributed by atoms with Crippen LogP contribution in [0.1, 0.15) is 50.3 Å².